The van der Waals surface area contributed by atoms with E-state index in [1.54, 1.807) is 23.9 Å². The molecule has 0 saturated carbocycles. The zero-order valence-corrected chi connectivity index (χ0v) is 20.9. The Morgan fingerprint density at radius 3 is 2.33 bits per heavy atom. The molecular weight excluding hydrogens is 578 g/mol. The van der Waals surface area contributed by atoms with Crippen LogP contribution in [-0.4, -0.2) is 42.5 Å². The summed E-state index contributed by atoms with van der Waals surface area (Å²) >= 11 is 3.50. The van der Waals surface area contributed by atoms with Crippen molar-refractivity contribution < 1.29 is 31.5 Å². The van der Waals surface area contributed by atoms with Crippen molar-refractivity contribution in [2.24, 2.45) is 0 Å². The minimum absolute atomic E-state index is 0.0833. The topological polar surface area (TPSA) is 58.2 Å². The Morgan fingerprint density at radius 2 is 1.79 bits per heavy atom. The van der Waals surface area contributed by atoms with E-state index in [0.29, 0.717) is 9.32 Å². The summed E-state index contributed by atoms with van der Waals surface area (Å²) in [5.41, 5.74) is -0.00127. The average molecular weight is 600 g/mol. The predicted octanol–water partition coefficient (Wildman–Crippen LogP) is 6.24. The molecule has 2 aromatic carbocycles. The number of alkyl halides is 5. The number of hydrogen-bond donors (Lipinski definition) is 2. The van der Waals surface area contributed by atoms with Crippen LogP contribution in [0.4, 0.5) is 27.6 Å². The Hall–Kier alpha value is -1.89. The highest BCUT2D eigenvalue weighted by Gasteiger charge is 2.47. The lowest BCUT2D eigenvalue weighted by Gasteiger charge is -2.21. The van der Waals surface area contributed by atoms with Crippen LogP contribution in [0, 0.1) is 10.5 Å². The summed E-state index contributed by atoms with van der Waals surface area (Å²) < 4.78 is 65.7. The number of halogens is 6. The summed E-state index contributed by atoms with van der Waals surface area (Å²) in [4.78, 5) is 25.7. The molecule has 4 nitrogen and oxygen atoms in total. The highest BCUT2D eigenvalue weighted by Crippen LogP contribution is 2.40. The zero-order chi connectivity index (χ0) is 24.9. The summed E-state index contributed by atoms with van der Waals surface area (Å²) in [6, 6.07) is 7.65. The molecule has 0 fully saturated rings. The fourth-order valence-corrected chi connectivity index (χ4v) is 4.55. The van der Waals surface area contributed by atoms with Crippen molar-refractivity contribution in [1.82, 2.24) is 5.32 Å². The number of thioether (sulfide) groups is 1. The summed E-state index contributed by atoms with van der Waals surface area (Å²) in [5.74, 6) is -3.31. The van der Waals surface area contributed by atoms with Gasteiger partial charge in [0.05, 0.1) is 11.1 Å². The lowest BCUT2D eigenvalue weighted by Crippen LogP contribution is -2.36. The summed E-state index contributed by atoms with van der Waals surface area (Å²) in [7, 11) is 0. The van der Waals surface area contributed by atoms with E-state index < -0.39 is 35.9 Å². The van der Waals surface area contributed by atoms with E-state index in [-0.39, 0.29) is 28.4 Å². The number of benzene rings is 2. The number of hydrogen-bond acceptors (Lipinski definition) is 3. The lowest BCUT2D eigenvalue weighted by molar-refractivity contribution is -0.178. The van der Waals surface area contributed by atoms with Crippen molar-refractivity contribution in [3.63, 3.8) is 0 Å². The number of anilines is 1. The fourth-order valence-electron chi connectivity index (χ4n) is 3.22. The average Bonchev–Trinajstić information content (AvgIpc) is 2.68. The van der Waals surface area contributed by atoms with Gasteiger partial charge in [0.15, 0.2) is 0 Å². The largest absolute Gasteiger partial charge is 0.401 e. The molecule has 2 amide bonds. The molecule has 1 unspecified atom stereocenters. The molecule has 0 heterocycles. The number of amides is 2. The second kappa shape index (κ2) is 11.5. The van der Waals surface area contributed by atoms with Gasteiger partial charge in [-0.3, -0.25) is 9.59 Å². The van der Waals surface area contributed by atoms with Gasteiger partial charge in [-0.1, -0.05) is 18.2 Å². The fraction of sp³-hybridized carbons (Fsp3) is 0.364. The van der Waals surface area contributed by atoms with E-state index in [2.05, 4.69) is 10.6 Å². The molecule has 0 saturated heterocycles. The van der Waals surface area contributed by atoms with Crippen molar-refractivity contribution >= 4 is 51.9 Å². The van der Waals surface area contributed by atoms with Gasteiger partial charge in [0.25, 0.3) is 18.2 Å². The van der Waals surface area contributed by atoms with Crippen molar-refractivity contribution in [2.45, 2.75) is 38.4 Å². The molecule has 0 spiro atoms. The van der Waals surface area contributed by atoms with Gasteiger partial charge in [-0.2, -0.15) is 24.9 Å². The summed E-state index contributed by atoms with van der Waals surface area (Å²) in [5, 5.41) is 5.40. The Kier molecular flexibility index (Phi) is 9.53. The third kappa shape index (κ3) is 7.05. The van der Waals surface area contributed by atoms with E-state index in [1.807, 2.05) is 35.8 Å². The highest BCUT2D eigenvalue weighted by atomic mass is 127. The maximum atomic E-state index is 13.0. The van der Waals surface area contributed by atoms with Crippen LogP contribution in [-0.2, 0) is 0 Å². The first-order valence-electron chi connectivity index (χ1n) is 9.71. The molecule has 0 aliphatic carbocycles. The second-order valence-corrected chi connectivity index (χ2v) is 9.45. The smallest absolute Gasteiger partial charge is 0.349 e. The predicted molar refractivity (Wildman–Crippen MR) is 128 cm³/mol. The van der Waals surface area contributed by atoms with Crippen LogP contribution >= 0.6 is 34.4 Å². The van der Waals surface area contributed by atoms with Gasteiger partial charge in [-0.05, 0) is 72.0 Å². The van der Waals surface area contributed by atoms with Crippen LogP contribution in [0.2, 0.25) is 0 Å². The molecule has 180 valence electrons. The summed E-state index contributed by atoms with van der Waals surface area (Å²) in [6.07, 6.45) is -6.83. The Bertz CT molecular complexity index is 1020. The molecule has 2 atom stereocenters. The first-order chi connectivity index (χ1) is 15.4. The van der Waals surface area contributed by atoms with Crippen molar-refractivity contribution in [2.75, 3.05) is 17.3 Å². The Morgan fingerprint density at radius 1 is 1.12 bits per heavy atom. The molecule has 0 aliphatic heterocycles. The Labute approximate surface area is 206 Å². The van der Waals surface area contributed by atoms with Crippen LogP contribution in [0.3, 0.4) is 0 Å². The zero-order valence-electron chi connectivity index (χ0n) is 17.9. The molecular formula is C22H22F5IN2O2S. The quantitative estimate of drug-likeness (QED) is 0.279. The van der Waals surface area contributed by atoms with Crippen LogP contribution in [0.1, 0.15) is 44.7 Å². The van der Waals surface area contributed by atoms with Crippen molar-refractivity contribution in [3.05, 3.63) is 62.2 Å². The molecule has 0 bridgehead atoms. The van der Waals surface area contributed by atoms with Gasteiger partial charge in [0, 0.05) is 21.1 Å². The molecule has 11 heteroatoms. The minimum Gasteiger partial charge on any atom is -0.349 e. The lowest BCUT2D eigenvalue weighted by atomic mass is 9.96. The van der Waals surface area contributed by atoms with Gasteiger partial charge >= 0.3 is 6.18 Å². The highest BCUT2D eigenvalue weighted by molar-refractivity contribution is 14.1. The number of nitrogens with one attached hydrogen (secondary N) is 2. The normalized spacial score (nSPS) is 13.5. The minimum atomic E-state index is -5.11. The molecule has 2 N–H and O–H groups in total. The first-order valence-corrected chi connectivity index (χ1v) is 12.2. The molecule has 0 aliphatic rings. The maximum Gasteiger partial charge on any atom is 0.401 e. The molecule has 0 radical (unpaired) electrons. The van der Waals surface area contributed by atoms with Crippen LogP contribution < -0.4 is 10.6 Å². The van der Waals surface area contributed by atoms with Crippen LogP contribution in [0.15, 0.2) is 36.4 Å². The third-order valence-corrected chi connectivity index (χ3v) is 6.47. The molecule has 2 aromatic rings. The monoisotopic (exact) mass is 600 g/mol. The molecule has 2 rings (SSSR count). The van der Waals surface area contributed by atoms with E-state index >= 15 is 0 Å². The summed E-state index contributed by atoms with van der Waals surface area (Å²) in [6.45, 7) is 3.24. The molecule has 33 heavy (non-hydrogen) atoms. The van der Waals surface area contributed by atoms with Crippen molar-refractivity contribution in [1.29, 1.82) is 0 Å². The standard InChI is InChI=1S/C22H22F5IN2O2S/c1-11-9-13(18(19(23)24)22(25,26)27)7-8-16(11)30-20(31)14-5-4-6-15(28)17(14)21(32)29-12(2)10-33-3/h4-9,12,18-19H,10H2,1-3H3,(H,29,32)(H,30,31)/t12-,18?/m0/s1. The van der Waals surface area contributed by atoms with Gasteiger partial charge in [-0.15, -0.1) is 0 Å². The second-order valence-electron chi connectivity index (χ2n) is 7.37. The maximum absolute atomic E-state index is 13.0. The van der Waals surface area contributed by atoms with Crippen LogP contribution in [0.25, 0.3) is 0 Å². The van der Waals surface area contributed by atoms with Gasteiger partial charge in [0.2, 0.25) is 0 Å². The number of carbonyl (C=O) groups excluding carboxylic acids is 2. The third-order valence-electron chi connectivity index (χ3n) is 4.74. The SMILES string of the molecule is CSC[C@H](C)NC(=O)c1c(I)cccc1C(=O)Nc1ccc(C(C(F)F)C(F)(F)F)cc1C. The van der Waals surface area contributed by atoms with Gasteiger partial charge < -0.3 is 10.6 Å². The molecule has 0 aromatic heterocycles. The van der Waals surface area contributed by atoms with Crippen LogP contribution in [0.5, 0.6) is 0 Å². The number of rotatable bonds is 8. The number of aryl methyl sites for hydroxylation is 1. The number of carbonyl (C=O) groups is 2. The Balaban J connectivity index is 2.32. The van der Waals surface area contributed by atoms with E-state index in [4.69, 9.17) is 0 Å². The van der Waals surface area contributed by atoms with Crippen molar-refractivity contribution in [3.8, 4) is 0 Å². The van der Waals surface area contributed by atoms with Gasteiger partial charge in [-0.25, -0.2) is 8.78 Å². The van der Waals surface area contributed by atoms with E-state index in [0.717, 1.165) is 18.2 Å². The van der Waals surface area contributed by atoms with E-state index in [9.17, 15) is 31.5 Å². The first kappa shape index (κ1) is 27.4. The van der Waals surface area contributed by atoms with Gasteiger partial charge in [0.1, 0.15) is 5.92 Å². The van der Waals surface area contributed by atoms with E-state index in [1.165, 1.54) is 13.0 Å².